The van der Waals surface area contributed by atoms with Crippen LogP contribution in [0.2, 0.25) is 0 Å². The first-order valence-electron chi connectivity index (χ1n) is 11.7. The molecule has 37 heavy (non-hydrogen) atoms. The van der Waals surface area contributed by atoms with Crippen molar-refractivity contribution in [1.29, 1.82) is 0 Å². The molecule has 0 fully saturated rings. The molecule has 0 saturated carbocycles. The summed E-state index contributed by atoms with van der Waals surface area (Å²) in [6, 6.07) is 6.67. The van der Waals surface area contributed by atoms with Crippen LogP contribution in [0, 0.1) is 29.1 Å². The number of unbranched alkanes of at least 4 members (excludes halogenated alkanes) is 2. The summed E-state index contributed by atoms with van der Waals surface area (Å²) in [7, 11) is 0. The van der Waals surface area contributed by atoms with Crippen molar-refractivity contribution in [1.82, 2.24) is 0 Å². The van der Waals surface area contributed by atoms with E-state index in [2.05, 4.69) is 11.7 Å². The molecule has 3 aromatic rings. The molecule has 0 unspecified atom stereocenters. The van der Waals surface area contributed by atoms with E-state index in [0.29, 0.717) is 23.3 Å². The number of allylic oxidation sites excluding steroid dienone is 2. The van der Waals surface area contributed by atoms with E-state index in [1.807, 2.05) is 6.07 Å². The summed E-state index contributed by atoms with van der Waals surface area (Å²) in [4.78, 5) is 0. The molecule has 0 amide bonds. The Morgan fingerprint density at radius 3 is 2.16 bits per heavy atom. The molecule has 0 heterocycles. The molecular weight excluding hydrogens is 504 g/mol. The predicted molar refractivity (Wildman–Crippen MR) is 123 cm³/mol. The highest BCUT2D eigenvalue weighted by molar-refractivity contribution is 5.74. The van der Waals surface area contributed by atoms with Crippen LogP contribution in [-0.2, 0) is 19.3 Å². The molecule has 1 aliphatic carbocycles. The second-order valence-corrected chi connectivity index (χ2v) is 8.88. The van der Waals surface area contributed by atoms with Crippen LogP contribution in [0.15, 0.2) is 42.5 Å². The minimum Gasteiger partial charge on any atom is -0.399 e. The second-order valence-electron chi connectivity index (χ2n) is 8.88. The first-order chi connectivity index (χ1) is 17.5. The van der Waals surface area contributed by atoms with Crippen molar-refractivity contribution in [2.45, 2.75) is 51.8 Å². The van der Waals surface area contributed by atoms with Crippen molar-refractivity contribution in [2.75, 3.05) is 0 Å². The number of benzene rings is 3. The van der Waals surface area contributed by atoms with Crippen molar-refractivity contribution in [3.8, 4) is 16.9 Å². The summed E-state index contributed by atoms with van der Waals surface area (Å²) >= 11 is 0. The lowest BCUT2D eigenvalue weighted by Gasteiger charge is -2.21. The first-order valence-corrected chi connectivity index (χ1v) is 11.7. The molecule has 196 valence electrons. The van der Waals surface area contributed by atoms with Gasteiger partial charge in [-0.1, -0.05) is 38.0 Å². The number of fused-ring (bicyclic) bond motifs is 1. The Kier molecular flexibility index (Phi) is 7.62. The molecule has 0 spiro atoms. The van der Waals surface area contributed by atoms with Gasteiger partial charge in [-0.3, -0.25) is 0 Å². The van der Waals surface area contributed by atoms with E-state index in [-0.39, 0.29) is 24.0 Å². The van der Waals surface area contributed by atoms with Gasteiger partial charge in [-0.2, -0.15) is 0 Å². The lowest BCUT2D eigenvalue weighted by Crippen LogP contribution is -2.19. The van der Waals surface area contributed by atoms with Crippen molar-refractivity contribution in [3.63, 3.8) is 0 Å². The van der Waals surface area contributed by atoms with Gasteiger partial charge < -0.3 is 4.74 Å². The molecule has 0 radical (unpaired) electrons. The molecule has 4 rings (SSSR count). The van der Waals surface area contributed by atoms with Gasteiger partial charge in [0.1, 0.15) is 17.5 Å². The molecule has 0 aromatic heterocycles. The van der Waals surface area contributed by atoms with E-state index < -0.39 is 52.3 Å². The highest BCUT2D eigenvalue weighted by Gasteiger charge is 2.34. The summed E-state index contributed by atoms with van der Waals surface area (Å²) < 4.78 is 114. The maximum absolute atomic E-state index is 15.3. The Bertz CT molecular complexity index is 1330. The summed E-state index contributed by atoms with van der Waals surface area (Å²) in [6.07, 6.45) is -0.000258. The average molecular weight is 526 g/mol. The van der Waals surface area contributed by atoms with Crippen LogP contribution in [0.25, 0.3) is 16.7 Å². The van der Waals surface area contributed by atoms with Crippen LogP contribution in [0.4, 0.5) is 35.1 Å². The zero-order chi connectivity index (χ0) is 26.9. The van der Waals surface area contributed by atoms with E-state index in [1.165, 1.54) is 6.07 Å². The average Bonchev–Trinajstić information content (AvgIpc) is 2.81. The Morgan fingerprint density at radius 1 is 0.838 bits per heavy atom. The zero-order valence-corrected chi connectivity index (χ0v) is 19.7. The molecule has 0 N–H and O–H groups in total. The van der Waals surface area contributed by atoms with Gasteiger partial charge in [0.15, 0.2) is 11.6 Å². The quantitative estimate of drug-likeness (QED) is 0.221. The third-order valence-electron chi connectivity index (χ3n) is 6.30. The second kappa shape index (κ2) is 10.6. The maximum Gasteiger partial charge on any atom is 0.573 e. The van der Waals surface area contributed by atoms with Crippen LogP contribution in [0.1, 0.15) is 48.4 Å². The van der Waals surface area contributed by atoms with Crippen LogP contribution in [-0.4, -0.2) is 6.36 Å². The third kappa shape index (κ3) is 5.81. The number of hydrogen-bond acceptors (Lipinski definition) is 1. The molecule has 1 nitrogen and oxygen atoms in total. The fourth-order valence-electron chi connectivity index (χ4n) is 4.53. The van der Waals surface area contributed by atoms with Crippen LogP contribution in [0.3, 0.4) is 0 Å². The summed E-state index contributed by atoms with van der Waals surface area (Å²) in [5, 5.41) is 0. The molecule has 0 saturated heterocycles. The topological polar surface area (TPSA) is 9.23 Å². The van der Waals surface area contributed by atoms with Gasteiger partial charge in [-0.25, -0.2) is 22.0 Å². The standard InChI is InChI=1S/C28H22F8O/c1-2-3-4-5-15-6-8-19(21(29)10-15)16-7-9-20-17(11-16)12-22(30)25(26(20)33)18-13-23(31)27(24(32)14-18)37-28(34,35)36/h6-8,10,12-14H,2-5,9,11H2,1H3. The smallest absolute Gasteiger partial charge is 0.399 e. The molecular formula is C28H22F8O. The van der Waals surface area contributed by atoms with E-state index in [1.54, 1.807) is 12.1 Å². The number of aryl methyl sites for hydroxylation is 1. The highest BCUT2D eigenvalue weighted by atomic mass is 19.4. The van der Waals surface area contributed by atoms with Crippen molar-refractivity contribution >= 4 is 5.57 Å². The number of rotatable bonds is 7. The zero-order valence-electron chi connectivity index (χ0n) is 19.7. The number of ether oxygens (including phenoxy) is 1. The summed E-state index contributed by atoms with van der Waals surface area (Å²) in [6.45, 7) is 2.07. The van der Waals surface area contributed by atoms with E-state index >= 15 is 4.39 Å². The van der Waals surface area contributed by atoms with E-state index in [9.17, 15) is 30.7 Å². The molecule has 3 aromatic carbocycles. The Hall–Kier alpha value is -3.36. The van der Waals surface area contributed by atoms with Crippen LogP contribution >= 0.6 is 0 Å². The summed E-state index contributed by atoms with van der Waals surface area (Å²) in [5.41, 5.74) is 0.603. The Balaban J connectivity index is 1.63. The number of halogens is 8. The number of alkyl halides is 3. The van der Waals surface area contributed by atoms with Gasteiger partial charge in [0.25, 0.3) is 0 Å². The summed E-state index contributed by atoms with van der Waals surface area (Å²) in [5.74, 6) is -7.94. The lowest BCUT2D eigenvalue weighted by molar-refractivity contribution is -0.276. The van der Waals surface area contributed by atoms with Gasteiger partial charge in [-0.15, -0.1) is 13.2 Å². The molecule has 9 heteroatoms. The molecule has 1 aliphatic rings. The van der Waals surface area contributed by atoms with Gasteiger partial charge >= 0.3 is 6.36 Å². The van der Waals surface area contributed by atoms with Crippen LogP contribution in [0.5, 0.6) is 5.75 Å². The molecule has 0 bridgehead atoms. The Labute approximate surface area is 208 Å². The fourth-order valence-corrected chi connectivity index (χ4v) is 4.53. The normalized spacial score (nSPS) is 13.4. The molecule has 0 atom stereocenters. The minimum absolute atomic E-state index is 0.0244. The fraction of sp³-hybridized carbons (Fsp3) is 0.286. The predicted octanol–water partition coefficient (Wildman–Crippen LogP) is 8.86. The van der Waals surface area contributed by atoms with Gasteiger partial charge in [-0.05, 0) is 77.8 Å². The van der Waals surface area contributed by atoms with Gasteiger partial charge in [0.2, 0.25) is 5.75 Å². The van der Waals surface area contributed by atoms with Crippen molar-refractivity contribution in [2.24, 2.45) is 0 Å². The van der Waals surface area contributed by atoms with Crippen molar-refractivity contribution in [3.05, 3.63) is 93.8 Å². The largest absolute Gasteiger partial charge is 0.573 e. The van der Waals surface area contributed by atoms with Crippen molar-refractivity contribution < 1.29 is 39.9 Å². The van der Waals surface area contributed by atoms with Gasteiger partial charge in [0.05, 0.1) is 5.56 Å². The minimum atomic E-state index is -5.36. The van der Waals surface area contributed by atoms with Gasteiger partial charge in [0, 0.05) is 5.56 Å². The highest BCUT2D eigenvalue weighted by Crippen LogP contribution is 2.39. The van der Waals surface area contributed by atoms with E-state index in [4.69, 9.17) is 0 Å². The third-order valence-corrected chi connectivity index (χ3v) is 6.30. The maximum atomic E-state index is 15.3. The number of hydrogen-bond donors (Lipinski definition) is 0. The first kappa shape index (κ1) is 26.7. The SMILES string of the molecule is CCCCCc1ccc(C2=CCc3c(cc(F)c(-c4cc(F)c(OC(F)(F)F)c(F)c4)c3F)C2)c(F)c1. The lowest BCUT2D eigenvalue weighted by atomic mass is 9.85. The van der Waals surface area contributed by atoms with E-state index in [0.717, 1.165) is 37.3 Å². The van der Waals surface area contributed by atoms with Crippen LogP contribution < -0.4 is 4.74 Å². The molecule has 0 aliphatic heterocycles. The Morgan fingerprint density at radius 2 is 1.54 bits per heavy atom. The monoisotopic (exact) mass is 526 g/mol.